The number of Topliss-reactive ketones (excluding diaryl/α,β-unsaturated/α-hetero) is 1. The molecular weight excluding hydrogens is 164 g/mol. The second-order valence-corrected chi connectivity index (χ2v) is 4.04. The zero-order chi connectivity index (χ0) is 9.52. The minimum atomic E-state index is 0.0359. The predicted octanol–water partition coefficient (Wildman–Crippen LogP) is 2.44. The van der Waals surface area contributed by atoms with Crippen LogP contribution < -0.4 is 0 Å². The van der Waals surface area contributed by atoms with Crippen LogP contribution in [0.15, 0.2) is 0 Å². The molecule has 0 bridgehead atoms. The molecule has 2 fully saturated rings. The molecule has 0 aromatic carbocycles. The number of hydrogen-bond donors (Lipinski definition) is 1. The Balaban J connectivity index is 0.000000132. The van der Waals surface area contributed by atoms with E-state index < -0.39 is 0 Å². The molecule has 0 unspecified atom stereocenters. The SMILES string of the molecule is O=C1CCCC1.OC1CCCCC1. The summed E-state index contributed by atoms with van der Waals surface area (Å²) in [7, 11) is 0. The first-order valence-corrected chi connectivity index (χ1v) is 5.49. The predicted molar refractivity (Wildman–Crippen MR) is 52.6 cm³/mol. The van der Waals surface area contributed by atoms with E-state index in [1.807, 2.05) is 0 Å². The van der Waals surface area contributed by atoms with Crippen molar-refractivity contribution in [2.45, 2.75) is 63.9 Å². The number of ketones is 1. The van der Waals surface area contributed by atoms with E-state index in [9.17, 15) is 4.79 Å². The molecule has 0 heterocycles. The number of aliphatic hydroxyl groups excluding tert-OH is 1. The maximum absolute atomic E-state index is 10.2. The quantitative estimate of drug-likeness (QED) is 0.628. The summed E-state index contributed by atoms with van der Waals surface area (Å²) in [6.07, 6.45) is 9.89. The van der Waals surface area contributed by atoms with Gasteiger partial charge < -0.3 is 5.11 Å². The fourth-order valence-corrected chi connectivity index (χ4v) is 1.85. The summed E-state index contributed by atoms with van der Waals surface area (Å²) < 4.78 is 0. The van der Waals surface area contributed by atoms with Gasteiger partial charge in [-0.15, -0.1) is 0 Å². The van der Waals surface area contributed by atoms with Gasteiger partial charge in [-0.25, -0.2) is 0 Å². The van der Waals surface area contributed by atoms with Crippen LogP contribution in [-0.4, -0.2) is 17.0 Å². The first-order chi connectivity index (χ1) is 6.29. The van der Waals surface area contributed by atoms with E-state index in [4.69, 9.17) is 5.11 Å². The van der Waals surface area contributed by atoms with E-state index in [2.05, 4.69) is 0 Å². The van der Waals surface area contributed by atoms with Crippen LogP contribution in [0.1, 0.15) is 57.8 Å². The monoisotopic (exact) mass is 184 g/mol. The molecule has 2 heteroatoms. The maximum atomic E-state index is 10.2. The molecule has 76 valence electrons. The summed E-state index contributed by atoms with van der Waals surface area (Å²) in [4.78, 5) is 10.2. The van der Waals surface area contributed by atoms with E-state index in [0.717, 1.165) is 38.5 Å². The summed E-state index contributed by atoms with van der Waals surface area (Å²) in [6.45, 7) is 0. The summed E-state index contributed by atoms with van der Waals surface area (Å²) >= 11 is 0. The van der Waals surface area contributed by atoms with Crippen molar-refractivity contribution >= 4 is 5.78 Å². The Hall–Kier alpha value is -0.370. The van der Waals surface area contributed by atoms with Crippen molar-refractivity contribution in [3.05, 3.63) is 0 Å². The van der Waals surface area contributed by atoms with Gasteiger partial charge >= 0.3 is 0 Å². The second-order valence-electron chi connectivity index (χ2n) is 4.04. The van der Waals surface area contributed by atoms with Crippen LogP contribution in [0, 0.1) is 0 Å². The zero-order valence-electron chi connectivity index (χ0n) is 8.30. The summed E-state index contributed by atoms with van der Waals surface area (Å²) in [5.74, 6) is 0.454. The molecule has 2 aliphatic rings. The van der Waals surface area contributed by atoms with Gasteiger partial charge in [0.2, 0.25) is 0 Å². The highest BCUT2D eigenvalue weighted by Crippen LogP contribution is 2.16. The standard InChI is InChI=1S/C6H12O.C5H8O/c7-6-4-2-1-3-5-6;6-5-3-1-2-4-5/h6-7H,1-5H2;1-4H2. The summed E-state index contributed by atoms with van der Waals surface area (Å²) in [5.41, 5.74) is 0. The average molecular weight is 184 g/mol. The molecule has 13 heavy (non-hydrogen) atoms. The van der Waals surface area contributed by atoms with Gasteiger partial charge in [0.05, 0.1) is 6.10 Å². The van der Waals surface area contributed by atoms with Crippen molar-refractivity contribution in [1.29, 1.82) is 0 Å². The van der Waals surface area contributed by atoms with Crippen molar-refractivity contribution in [2.24, 2.45) is 0 Å². The molecule has 0 aromatic rings. The van der Waals surface area contributed by atoms with Gasteiger partial charge in [0.15, 0.2) is 0 Å². The van der Waals surface area contributed by atoms with Crippen LogP contribution in [0.4, 0.5) is 0 Å². The smallest absolute Gasteiger partial charge is 0.132 e. The molecule has 2 saturated carbocycles. The third-order valence-electron chi connectivity index (χ3n) is 2.74. The molecule has 1 N–H and O–H groups in total. The first kappa shape index (κ1) is 10.7. The highest BCUT2D eigenvalue weighted by molar-refractivity contribution is 5.79. The number of carbonyl (C=O) groups is 1. The van der Waals surface area contributed by atoms with Crippen molar-refractivity contribution in [1.82, 2.24) is 0 Å². The van der Waals surface area contributed by atoms with E-state index in [0.29, 0.717) is 5.78 Å². The third kappa shape index (κ3) is 5.04. The Morgan fingerprint density at radius 2 is 1.46 bits per heavy atom. The zero-order valence-corrected chi connectivity index (χ0v) is 8.30. The highest BCUT2D eigenvalue weighted by Gasteiger charge is 2.08. The molecule has 0 radical (unpaired) electrons. The van der Waals surface area contributed by atoms with Gasteiger partial charge in [0.25, 0.3) is 0 Å². The molecular formula is C11H20O2. The number of rotatable bonds is 0. The Morgan fingerprint density at radius 1 is 0.923 bits per heavy atom. The Labute approximate surface area is 80.3 Å². The van der Waals surface area contributed by atoms with Gasteiger partial charge in [-0.1, -0.05) is 19.3 Å². The number of aliphatic hydroxyl groups is 1. The van der Waals surface area contributed by atoms with Crippen LogP contribution in [0.3, 0.4) is 0 Å². The maximum Gasteiger partial charge on any atom is 0.132 e. The van der Waals surface area contributed by atoms with E-state index in [1.54, 1.807) is 0 Å². The molecule has 0 saturated heterocycles. The lowest BCUT2D eigenvalue weighted by Crippen LogP contribution is -2.09. The summed E-state index contributed by atoms with van der Waals surface area (Å²) in [6, 6.07) is 0. The van der Waals surface area contributed by atoms with Gasteiger partial charge in [-0.05, 0) is 25.7 Å². The molecule has 0 aromatic heterocycles. The Bertz CT molecular complexity index is 140. The summed E-state index contributed by atoms with van der Waals surface area (Å²) in [5, 5.41) is 8.91. The largest absolute Gasteiger partial charge is 0.393 e. The van der Waals surface area contributed by atoms with E-state index in [-0.39, 0.29) is 6.10 Å². The fourth-order valence-electron chi connectivity index (χ4n) is 1.85. The minimum absolute atomic E-state index is 0.0359. The lowest BCUT2D eigenvalue weighted by atomic mass is 9.98. The number of carbonyl (C=O) groups excluding carboxylic acids is 1. The van der Waals surface area contributed by atoms with Crippen LogP contribution in [0.2, 0.25) is 0 Å². The van der Waals surface area contributed by atoms with Crippen LogP contribution >= 0.6 is 0 Å². The third-order valence-corrected chi connectivity index (χ3v) is 2.74. The Kier molecular flexibility index (Phi) is 5.06. The molecule has 2 rings (SSSR count). The van der Waals surface area contributed by atoms with Crippen LogP contribution in [0.5, 0.6) is 0 Å². The number of hydrogen-bond acceptors (Lipinski definition) is 2. The van der Waals surface area contributed by atoms with Crippen molar-refractivity contribution in [3.63, 3.8) is 0 Å². The molecule has 2 aliphatic carbocycles. The fraction of sp³-hybridized carbons (Fsp3) is 0.909. The average Bonchev–Trinajstić information content (AvgIpc) is 2.58. The molecule has 0 amide bonds. The van der Waals surface area contributed by atoms with Gasteiger partial charge in [0.1, 0.15) is 5.78 Å². The highest BCUT2D eigenvalue weighted by atomic mass is 16.3. The molecule has 2 nitrogen and oxygen atoms in total. The first-order valence-electron chi connectivity index (χ1n) is 5.49. The van der Waals surface area contributed by atoms with Gasteiger partial charge in [-0.2, -0.15) is 0 Å². The molecule has 0 spiro atoms. The van der Waals surface area contributed by atoms with Crippen molar-refractivity contribution in [3.8, 4) is 0 Å². The van der Waals surface area contributed by atoms with Crippen molar-refractivity contribution < 1.29 is 9.90 Å². The lowest BCUT2D eigenvalue weighted by molar-refractivity contribution is -0.117. The molecule has 0 aliphatic heterocycles. The normalized spacial score (nSPS) is 23.9. The van der Waals surface area contributed by atoms with Crippen LogP contribution in [-0.2, 0) is 4.79 Å². The van der Waals surface area contributed by atoms with Gasteiger partial charge in [0, 0.05) is 12.8 Å². The topological polar surface area (TPSA) is 37.3 Å². The minimum Gasteiger partial charge on any atom is -0.393 e. The molecule has 0 atom stereocenters. The van der Waals surface area contributed by atoms with Crippen LogP contribution in [0.25, 0.3) is 0 Å². The lowest BCUT2D eigenvalue weighted by Gasteiger charge is -2.14. The van der Waals surface area contributed by atoms with E-state index in [1.165, 1.54) is 19.3 Å². The van der Waals surface area contributed by atoms with Crippen molar-refractivity contribution in [2.75, 3.05) is 0 Å². The van der Waals surface area contributed by atoms with Gasteiger partial charge in [-0.3, -0.25) is 4.79 Å². The Morgan fingerprint density at radius 3 is 1.69 bits per heavy atom. The second kappa shape index (κ2) is 6.14. The van der Waals surface area contributed by atoms with E-state index >= 15 is 0 Å².